The van der Waals surface area contributed by atoms with Gasteiger partial charge in [0, 0.05) is 39.3 Å². The van der Waals surface area contributed by atoms with Crippen LogP contribution in [0.15, 0.2) is 36.4 Å². The van der Waals surface area contributed by atoms with Gasteiger partial charge in [-0.25, -0.2) is 4.79 Å². The molecule has 0 radical (unpaired) electrons. The van der Waals surface area contributed by atoms with E-state index in [1.54, 1.807) is 32.9 Å². The zero-order valence-corrected chi connectivity index (χ0v) is 21.2. The second-order valence-corrected chi connectivity index (χ2v) is 9.64. The smallest absolute Gasteiger partial charge is 0.416 e. The van der Waals surface area contributed by atoms with Gasteiger partial charge in [-0.15, -0.1) is 0 Å². The standard InChI is InChI=1S/C27H35F3N2O3/c1-6-34-25(33)26(4,5)35-24-19(2)15-22(16-20(24)3)18-32-13-11-31(12-14-32)17-21-7-9-23(10-8-21)27(28,29)30/h7-10,15-16H,6,11-14,17-18H2,1-5H3. The first-order valence-corrected chi connectivity index (χ1v) is 12.0. The zero-order chi connectivity index (χ0) is 25.8. The van der Waals surface area contributed by atoms with Crippen molar-refractivity contribution in [2.24, 2.45) is 0 Å². The van der Waals surface area contributed by atoms with Crippen LogP contribution in [0, 0.1) is 13.8 Å². The van der Waals surface area contributed by atoms with E-state index in [0.29, 0.717) is 18.9 Å². The lowest BCUT2D eigenvalue weighted by atomic mass is 10.0. The highest BCUT2D eigenvalue weighted by Crippen LogP contribution is 2.31. The highest BCUT2D eigenvalue weighted by atomic mass is 19.4. The molecule has 0 aliphatic carbocycles. The van der Waals surface area contributed by atoms with Crippen LogP contribution in [-0.2, 0) is 28.8 Å². The van der Waals surface area contributed by atoms with Gasteiger partial charge in [0.05, 0.1) is 12.2 Å². The van der Waals surface area contributed by atoms with Crippen molar-refractivity contribution in [3.05, 3.63) is 64.2 Å². The molecule has 0 N–H and O–H groups in total. The van der Waals surface area contributed by atoms with E-state index in [4.69, 9.17) is 9.47 Å². The Labute approximate surface area is 205 Å². The van der Waals surface area contributed by atoms with E-state index < -0.39 is 23.3 Å². The maximum absolute atomic E-state index is 12.8. The van der Waals surface area contributed by atoms with Crippen LogP contribution >= 0.6 is 0 Å². The molecule has 3 rings (SSSR count). The van der Waals surface area contributed by atoms with Gasteiger partial charge in [0.15, 0.2) is 5.60 Å². The maximum Gasteiger partial charge on any atom is 0.416 e. The molecule has 0 amide bonds. The number of carbonyl (C=O) groups is 1. The number of ether oxygens (including phenoxy) is 2. The van der Waals surface area contributed by atoms with E-state index in [0.717, 1.165) is 61.5 Å². The maximum atomic E-state index is 12.8. The number of carbonyl (C=O) groups excluding carboxylic acids is 1. The van der Waals surface area contributed by atoms with E-state index in [9.17, 15) is 18.0 Å². The van der Waals surface area contributed by atoms with Crippen molar-refractivity contribution < 1.29 is 27.4 Å². The summed E-state index contributed by atoms with van der Waals surface area (Å²) in [6.45, 7) is 14.4. The van der Waals surface area contributed by atoms with Crippen molar-refractivity contribution in [2.75, 3.05) is 32.8 Å². The van der Waals surface area contributed by atoms with Crippen LogP contribution in [0.5, 0.6) is 5.75 Å². The molecule has 0 aromatic heterocycles. The van der Waals surface area contributed by atoms with E-state index in [-0.39, 0.29) is 0 Å². The summed E-state index contributed by atoms with van der Waals surface area (Å²) in [7, 11) is 0. The number of nitrogens with zero attached hydrogens (tertiary/aromatic N) is 2. The summed E-state index contributed by atoms with van der Waals surface area (Å²) in [4.78, 5) is 16.9. The van der Waals surface area contributed by atoms with Crippen molar-refractivity contribution in [2.45, 2.75) is 59.5 Å². The topological polar surface area (TPSA) is 42.0 Å². The second kappa shape index (κ2) is 11.0. The first-order valence-electron chi connectivity index (χ1n) is 12.0. The SMILES string of the molecule is CCOC(=O)C(C)(C)Oc1c(C)cc(CN2CCN(Cc3ccc(C(F)(F)F)cc3)CC2)cc1C. The highest BCUT2D eigenvalue weighted by Gasteiger charge is 2.33. The number of rotatable bonds is 8. The lowest BCUT2D eigenvalue weighted by Gasteiger charge is -2.35. The number of hydrogen-bond acceptors (Lipinski definition) is 5. The van der Waals surface area contributed by atoms with Gasteiger partial charge in [-0.3, -0.25) is 9.80 Å². The lowest BCUT2D eigenvalue weighted by Crippen LogP contribution is -2.45. The molecule has 0 bridgehead atoms. The van der Waals surface area contributed by atoms with Crippen molar-refractivity contribution in [1.82, 2.24) is 9.80 Å². The van der Waals surface area contributed by atoms with Gasteiger partial charge in [-0.2, -0.15) is 13.2 Å². The molecule has 0 saturated carbocycles. The lowest BCUT2D eigenvalue weighted by molar-refractivity contribution is -0.158. The Kier molecular flexibility index (Phi) is 8.49. The fourth-order valence-corrected chi connectivity index (χ4v) is 4.31. The third-order valence-electron chi connectivity index (χ3n) is 6.20. The van der Waals surface area contributed by atoms with Gasteiger partial charge in [0.2, 0.25) is 0 Å². The fraction of sp³-hybridized carbons (Fsp3) is 0.519. The third-order valence-corrected chi connectivity index (χ3v) is 6.20. The van der Waals surface area contributed by atoms with Gasteiger partial charge in [0.1, 0.15) is 5.75 Å². The predicted molar refractivity (Wildman–Crippen MR) is 129 cm³/mol. The molecule has 8 heteroatoms. The quantitative estimate of drug-likeness (QED) is 0.464. The molecule has 35 heavy (non-hydrogen) atoms. The van der Waals surface area contributed by atoms with Crippen LogP contribution in [0.25, 0.3) is 0 Å². The number of esters is 1. The minimum Gasteiger partial charge on any atom is -0.476 e. The zero-order valence-electron chi connectivity index (χ0n) is 21.2. The molecule has 1 aliphatic rings. The van der Waals surface area contributed by atoms with Gasteiger partial charge in [0.25, 0.3) is 0 Å². The van der Waals surface area contributed by atoms with Crippen LogP contribution in [0.2, 0.25) is 0 Å². The first-order chi connectivity index (χ1) is 16.4. The number of benzene rings is 2. The molecule has 1 fully saturated rings. The number of hydrogen-bond donors (Lipinski definition) is 0. The van der Waals surface area contributed by atoms with Crippen LogP contribution in [-0.4, -0.2) is 54.2 Å². The number of alkyl halides is 3. The molecule has 1 saturated heterocycles. The van der Waals surface area contributed by atoms with Crippen molar-refractivity contribution >= 4 is 5.97 Å². The molecule has 0 spiro atoms. The minimum atomic E-state index is -4.30. The van der Waals surface area contributed by atoms with Crippen molar-refractivity contribution in [3.63, 3.8) is 0 Å². The van der Waals surface area contributed by atoms with Crippen LogP contribution in [0.4, 0.5) is 13.2 Å². The molecule has 1 aliphatic heterocycles. The van der Waals surface area contributed by atoms with Gasteiger partial charge < -0.3 is 9.47 Å². The Morgan fingerprint density at radius 2 is 1.37 bits per heavy atom. The van der Waals surface area contributed by atoms with Gasteiger partial charge in [-0.1, -0.05) is 24.3 Å². The van der Waals surface area contributed by atoms with Gasteiger partial charge >= 0.3 is 12.1 Å². The monoisotopic (exact) mass is 492 g/mol. The van der Waals surface area contributed by atoms with Crippen molar-refractivity contribution in [3.8, 4) is 5.75 Å². The molecular formula is C27H35F3N2O3. The Bertz CT molecular complexity index is 988. The van der Waals surface area contributed by atoms with Crippen LogP contribution in [0.1, 0.15) is 48.6 Å². The Morgan fingerprint density at radius 3 is 1.83 bits per heavy atom. The van der Waals surface area contributed by atoms with Crippen LogP contribution < -0.4 is 4.74 Å². The van der Waals surface area contributed by atoms with E-state index in [1.165, 1.54) is 5.56 Å². The average molecular weight is 493 g/mol. The van der Waals surface area contributed by atoms with E-state index >= 15 is 0 Å². The summed E-state index contributed by atoms with van der Waals surface area (Å²) in [5.41, 5.74) is 2.32. The Hall–Kier alpha value is -2.58. The summed E-state index contributed by atoms with van der Waals surface area (Å²) in [5, 5.41) is 0. The summed E-state index contributed by atoms with van der Waals surface area (Å²) >= 11 is 0. The van der Waals surface area contributed by atoms with E-state index in [1.807, 2.05) is 13.8 Å². The summed E-state index contributed by atoms with van der Waals surface area (Å²) in [5.74, 6) is 0.310. The largest absolute Gasteiger partial charge is 0.476 e. The molecular weight excluding hydrogens is 457 g/mol. The number of halogens is 3. The predicted octanol–water partition coefficient (Wildman–Crippen LogP) is 5.36. The molecule has 2 aromatic rings. The highest BCUT2D eigenvalue weighted by molar-refractivity contribution is 5.79. The Balaban J connectivity index is 1.55. The van der Waals surface area contributed by atoms with Crippen molar-refractivity contribution in [1.29, 1.82) is 0 Å². The normalized spacial score (nSPS) is 15.8. The van der Waals surface area contributed by atoms with E-state index in [2.05, 4.69) is 21.9 Å². The summed E-state index contributed by atoms with van der Waals surface area (Å²) in [6.07, 6.45) is -4.30. The van der Waals surface area contributed by atoms with Crippen LogP contribution in [0.3, 0.4) is 0 Å². The third kappa shape index (κ3) is 7.21. The number of piperazine rings is 1. The Morgan fingerprint density at radius 1 is 0.886 bits per heavy atom. The molecule has 1 heterocycles. The first kappa shape index (κ1) is 27.0. The summed E-state index contributed by atoms with van der Waals surface area (Å²) < 4.78 is 49.5. The second-order valence-electron chi connectivity index (χ2n) is 9.64. The number of aryl methyl sites for hydroxylation is 2. The molecule has 5 nitrogen and oxygen atoms in total. The molecule has 2 aromatic carbocycles. The molecule has 192 valence electrons. The minimum absolute atomic E-state index is 0.306. The molecule has 0 unspecified atom stereocenters. The summed E-state index contributed by atoms with van der Waals surface area (Å²) in [6, 6.07) is 9.62. The molecule has 0 atom stereocenters. The van der Waals surface area contributed by atoms with Gasteiger partial charge in [-0.05, 0) is 69.0 Å². The average Bonchev–Trinajstić information content (AvgIpc) is 2.78. The fourth-order valence-electron chi connectivity index (χ4n) is 4.31.